The van der Waals surface area contributed by atoms with Gasteiger partial charge in [-0.15, -0.1) is 0 Å². The van der Waals surface area contributed by atoms with E-state index in [1.165, 1.54) is 38.5 Å². The topological polar surface area (TPSA) is 223 Å². The zero-order chi connectivity index (χ0) is 60.2. The quantitative estimate of drug-likeness (QED) is 0.0809. The predicted molar refractivity (Wildman–Crippen MR) is 363 cm³/mol. The Labute approximate surface area is 522 Å². The Kier molecular flexibility index (Phi) is 21.5. The van der Waals surface area contributed by atoms with Gasteiger partial charge < -0.3 is 39.8 Å². The van der Waals surface area contributed by atoms with E-state index in [1.807, 2.05) is 154 Å². The number of carbonyl (C=O) groups is 1. The van der Waals surface area contributed by atoms with Crippen molar-refractivity contribution in [2.75, 3.05) is 111 Å². The smallest absolute Gasteiger partial charge is 0.168 e. The van der Waals surface area contributed by atoms with Gasteiger partial charge in [-0.3, -0.25) is 4.79 Å². The van der Waals surface area contributed by atoms with E-state index in [4.69, 9.17) is 19.9 Å². The van der Waals surface area contributed by atoms with Gasteiger partial charge in [-0.25, -0.2) is 59.8 Å². The van der Waals surface area contributed by atoms with Gasteiger partial charge in [-0.1, -0.05) is 51.3 Å². The maximum absolute atomic E-state index is 11.3. The molecule has 3 aliphatic heterocycles. The lowest BCUT2D eigenvalue weighted by Gasteiger charge is -2.17. The number of aldehydes is 1. The van der Waals surface area contributed by atoms with Gasteiger partial charge in [0.1, 0.15) is 40.6 Å². The van der Waals surface area contributed by atoms with Crippen molar-refractivity contribution in [3.05, 3.63) is 143 Å². The molecule has 3 aromatic carbocycles. The number of anilines is 6. The first-order chi connectivity index (χ1) is 42.4. The average Bonchev–Trinajstić information content (AvgIpc) is 2.56. The molecule has 6 aromatic heterocycles. The maximum Gasteiger partial charge on any atom is 0.168 e. The molecule has 1 aliphatic carbocycles. The van der Waals surface area contributed by atoms with Gasteiger partial charge in [0.25, 0.3) is 0 Å². The molecule has 0 bridgehead atoms. The van der Waals surface area contributed by atoms with Crippen LogP contribution in [0.1, 0.15) is 123 Å². The third kappa shape index (κ3) is 16.4. The summed E-state index contributed by atoms with van der Waals surface area (Å²) < 4.78 is 0. The zero-order valence-electron chi connectivity index (χ0n) is 50.5. The van der Waals surface area contributed by atoms with Crippen LogP contribution in [0.25, 0.3) is 69.2 Å². The normalized spacial score (nSPS) is 14.7. The molecule has 4 aliphatic rings. The summed E-state index contributed by atoms with van der Waals surface area (Å²) in [6, 6.07) is 30.4. The van der Waals surface area contributed by atoms with Crippen LogP contribution >= 0.6 is 0 Å². The Morgan fingerprint density at radius 1 is 0.438 bits per heavy atom. The zero-order valence-corrected chi connectivity index (χ0v) is 50.5. The molecule has 0 atom stereocenters. The van der Waals surface area contributed by atoms with Crippen LogP contribution in [0.2, 0.25) is 0 Å². The highest BCUT2D eigenvalue weighted by Gasteiger charge is 2.22. The van der Waals surface area contributed by atoms with Crippen LogP contribution in [0.15, 0.2) is 91.0 Å². The van der Waals surface area contributed by atoms with Crippen LogP contribution in [0.5, 0.6) is 0 Å². The monoisotopic (exact) mass is 1200 g/mol. The number of carbonyl (C=O) groups excluding carboxylic acids is 1. The number of aromatic nitrogens is 12. The highest BCUT2D eigenvalue weighted by Crippen LogP contribution is 2.28. The summed E-state index contributed by atoms with van der Waals surface area (Å²) in [5, 5.41) is 16.2. The molecule has 9 aromatic rings. The van der Waals surface area contributed by atoms with E-state index in [0.29, 0.717) is 52.4 Å². The largest absolute Gasteiger partial charge is 0.390 e. The third-order valence-electron chi connectivity index (χ3n) is 15.3. The standard InChI is InChI=1S/C24H29N7.C21H24N6O.C21H22N6O.2CH4/c1-30(2)24-19-7-3-4-8-20(19)27-22(29-24)12-11-21-26-18(16-25-17-9-10-17)15-23(28-21)31-13-5-6-14-31;2*1-26(2)21-16-7-3-4-8-17(16)23-19(25-21)10-9-18-22-15(14-28)13-20(24-18)27-11-5-6-12-27;;/h3-4,7-8,11-12,15,17,25H,5-6,9-10,13-14,16H2,1-2H3;3-4,7-10,13,28H,5-6,11-12,14H2,1-2H3;3-4,7-10,13-14H,5-6,11-12H2,1-2H3;2*1H4/b12-11+;2*10-9+;;. The lowest BCUT2D eigenvalue weighted by Crippen LogP contribution is -2.21. The van der Waals surface area contributed by atoms with Crippen LogP contribution in [-0.4, -0.2) is 159 Å². The van der Waals surface area contributed by atoms with Crippen molar-refractivity contribution in [3.63, 3.8) is 0 Å². The minimum absolute atomic E-state index is 0. The number of rotatable bonds is 17. The molecule has 0 spiro atoms. The van der Waals surface area contributed by atoms with Crippen LogP contribution in [0.4, 0.5) is 34.9 Å². The Morgan fingerprint density at radius 3 is 1.11 bits per heavy atom. The molecule has 21 heteroatoms. The summed E-state index contributed by atoms with van der Waals surface area (Å²) in [5.41, 5.74) is 4.73. The first-order valence-electron chi connectivity index (χ1n) is 30.0. The molecule has 21 nitrogen and oxygen atoms in total. The molecular weight excluding hydrogens is 1110 g/mol. The second-order valence-electron chi connectivity index (χ2n) is 22.6. The summed E-state index contributed by atoms with van der Waals surface area (Å²) in [6.45, 7) is 6.70. The molecule has 1 saturated carbocycles. The first-order valence-corrected chi connectivity index (χ1v) is 30.0. The van der Waals surface area contributed by atoms with Gasteiger partial charge in [-0.05, 0) is 124 Å². The van der Waals surface area contributed by atoms with Crippen molar-refractivity contribution in [2.24, 2.45) is 0 Å². The molecule has 0 radical (unpaired) electrons. The minimum atomic E-state index is -0.110. The number of hydrogen-bond acceptors (Lipinski definition) is 21. The van der Waals surface area contributed by atoms with Gasteiger partial charge in [-0.2, -0.15) is 0 Å². The van der Waals surface area contributed by atoms with E-state index < -0.39 is 0 Å². The maximum atomic E-state index is 11.3. The molecule has 0 amide bonds. The number of aliphatic hydroxyl groups is 1. The van der Waals surface area contributed by atoms with Gasteiger partial charge in [0.05, 0.1) is 34.5 Å². The highest BCUT2D eigenvalue weighted by molar-refractivity contribution is 5.92. The van der Waals surface area contributed by atoms with Gasteiger partial charge in [0.15, 0.2) is 41.2 Å². The van der Waals surface area contributed by atoms with E-state index in [1.54, 1.807) is 18.2 Å². The molecule has 13 rings (SSSR count). The number of para-hydroxylation sites is 3. The number of nitrogens with one attached hydrogen (secondary N) is 1. The van der Waals surface area contributed by atoms with Crippen molar-refractivity contribution in [2.45, 2.75) is 85.4 Å². The minimum Gasteiger partial charge on any atom is -0.390 e. The summed E-state index contributed by atoms with van der Waals surface area (Å²) in [4.78, 5) is 79.7. The van der Waals surface area contributed by atoms with E-state index >= 15 is 0 Å². The van der Waals surface area contributed by atoms with Crippen LogP contribution in [0.3, 0.4) is 0 Å². The van der Waals surface area contributed by atoms with E-state index in [-0.39, 0.29) is 21.5 Å². The Bertz CT molecular complexity index is 3960. The molecule has 3 saturated heterocycles. The van der Waals surface area contributed by atoms with E-state index in [0.717, 1.165) is 138 Å². The average molecular weight is 1200 g/mol. The van der Waals surface area contributed by atoms with Crippen molar-refractivity contribution in [1.82, 2.24) is 65.1 Å². The van der Waals surface area contributed by atoms with Gasteiger partial charge in [0, 0.05) is 128 Å². The molecule has 462 valence electrons. The van der Waals surface area contributed by atoms with Crippen LogP contribution < -0.4 is 34.7 Å². The SMILES string of the molecule is C.C.CN(C)c1nc(/C=C/c2nc(C=O)cc(N3CCCC3)n2)nc2ccccc12.CN(C)c1nc(/C=C/c2nc(CNC3CC3)cc(N3CCCC3)n2)nc2ccccc12.CN(C)c1nc(/C=C/c2nc(CO)cc(N3CCCC3)n2)nc2ccccc12. The molecule has 2 N–H and O–H groups in total. The van der Waals surface area contributed by atoms with Gasteiger partial charge >= 0.3 is 0 Å². The van der Waals surface area contributed by atoms with Crippen molar-refractivity contribution < 1.29 is 9.90 Å². The number of fused-ring (bicyclic) bond motifs is 3. The molecule has 89 heavy (non-hydrogen) atoms. The Hall–Kier alpha value is -9.47. The second kappa shape index (κ2) is 30.0. The fraction of sp³-hybridized carbons (Fsp3) is 0.368. The second-order valence-corrected chi connectivity index (χ2v) is 22.6. The number of benzene rings is 3. The Balaban J connectivity index is 0.000000157. The van der Waals surface area contributed by atoms with Crippen molar-refractivity contribution in [3.8, 4) is 0 Å². The molecule has 0 unspecified atom stereocenters. The van der Waals surface area contributed by atoms with Crippen LogP contribution in [-0.2, 0) is 13.2 Å². The summed E-state index contributed by atoms with van der Waals surface area (Å²) in [5.74, 6) is 8.89. The summed E-state index contributed by atoms with van der Waals surface area (Å²) >= 11 is 0. The lowest BCUT2D eigenvalue weighted by molar-refractivity contribution is 0.111. The third-order valence-corrected chi connectivity index (χ3v) is 15.3. The van der Waals surface area contributed by atoms with Crippen LogP contribution in [0, 0.1) is 0 Å². The number of hydrogen-bond donors (Lipinski definition) is 2. The predicted octanol–water partition coefficient (Wildman–Crippen LogP) is 10.6. The van der Waals surface area contributed by atoms with E-state index in [2.05, 4.69) is 72.0 Å². The van der Waals surface area contributed by atoms with Gasteiger partial charge in [0.2, 0.25) is 0 Å². The number of aliphatic hydroxyl groups excluding tert-OH is 1. The highest BCUT2D eigenvalue weighted by atomic mass is 16.3. The molecule has 9 heterocycles. The fourth-order valence-electron chi connectivity index (χ4n) is 10.7. The summed E-state index contributed by atoms with van der Waals surface area (Å²) in [7, 11) is 11.9. The molecular formula is C68H83N19O2. The first kappa shape index (κ1) is 64.0. The van der Waals surface area contributed by atoms with Crippen molar-refractivity contribution in [1.29, 1.82) is 0 Å². The lowest BCUT2D eigenvalue weighted by atomic mass is 10.2. The Morgan fingerprint density at radius 2 is 0.764 bits per heavy atom. The molecule has 4 fully saturated rings. The van der Waals surface area contributed by atoms with E-state index in [9.17, 15) is 9.90 Å². The fourth-order valence-corrected chi connectivity index (χ4v) is 10.7. The summed E-state index contributed by atoms with van der Waals surface area (Å²) in [6.07, 6.45) is 21.4. The number of nitrogens with zero attached hydrogens (tertiary/aromatic N) is 18. The van der Waals surface area contributed by atoms with Crippen molar-refractivity contribution >= 4 is 110 Å².